The Balaban J connectivity index is 1.68. The number of pyridine rings is 1. The van der Waals surface area contributed by atoms with Gasteiger partial charge in [0.25, 0.3) is 5.91 Å². The number of hydrogen-bond acceptors (Lipinski definition) is 4. The fraction of sp³-hybridized carbons (Fsp3) is 0.350. The predicted octanol–water partition coefficient (Wildman–Crippen LogP) is 2.80. The first-order chi connectivity index (χ1) is 12.6. The van der Waals surface area contributed by atoms with Gasteiger partial charge in [-0.3, -0.25) is 9.78 Å². The number of rotatable bonds is 1. The maximum absolute atomic E-state index is 13.3. The summed E-state index contributed by atoms with van der Waals surface area (Å²) in [5, 5.41) is 0. The van der Waals surface area contributed by atoms with Crippen LogP contribution in [0.4, 0.5) is 10.5 Å². The highest BCUT2D eigenvalue weighted by molar-refractivity contribution is 6.08. The Morgan fingerprint density at radius 2 is 2.00 bits per heavy atom. The smallest absolute Gasteiger partial charge is 0.409 e. The van der Waals surface area contributed by atoms with Crippen molar-refractivity contribution in [3.8, 4) is 0 Å². The molecular weight excluding hydrogens is 330 g/mol. The van der Waals surface area contributed by atoms with E-state index in [1.165, 1.54) is 12.7 Å². The number of ether oxygens (including phenoxy) is 1. The van der Waals surface area contributed by atoms with E-state index < -0.39 is 0 Å². The minimum atomic E-state index is -0.352. The number of para-hydroxylation sites is 1. The lowest BCUT2D eigenvalue weighted by atomic mass is 9.96. The summed E-state index contributed by atoms with van der Waals surface area (Å²) in [6.07, 6.45) is 4.53. The van der Waals surface area contributed by atoms with Crippen LogP contribution in [0, 0.1) is 0 Å². The normalized spacial score (nSPS) is 18.3. The van der Waals surface area contributed by atoms with Crippen LogP contribution in [-0.2, 0) is 24.1 Å². The molecule has 6 nitrogen and oxygen atoms in total. The zero-order valence-electron chi connectivity index (χ0n) is 14.9. The summed E-state index contributed by atoms with van der Waals surface area (Å²) in [7, 11) is 1.38. The maximum Gasteiger partial charge on any atom is 0.409 e. The lowest BCUT2D eigenvalue weighted by molar-refractivity contribution is 0.0979. The van der Waals surface area contributed by atoms with Crippen LogP contribution >= 0.6 is 0 Å². The highest BCUT2D eigenvalue weighted by Gasteiger charge is 2.34. The van der Waals surface area contributed by atoms with E-state index in [1.54, 1.807) is 17.3 Å². The number of methoxy groups -OCH3 is 1. The van der Waals surface area contributed by atoms with Crippen molar-refractivity contribution in [2.24, 2.45) is 0 Å². The Morgan fingerprint density at radius 1 is 1.19 bits per heavy atom. The number of anilines is 1. The molecule has 1 aromatic carbocycles. The molecule has 1 unspecified atom stereocenters. The van der Waals surface area contributed by atoms with E-state index in [0.29, 0.717) is 25.1 Å². The van der Waals surface area contributed by atoms with E-state index in [1.807, 2.05) is 23.1 Å². The highest BCUT2D eigenvalue weighted by atomic mass is 16.5. The summed E-state index contributed by atoms with van der Waals surface area (Å²) >= 11 is 0. The van der Waals surface area contributed by atoms with Crippen LogP contribution in [0.15, 0.2) is 36.7 Å². The molecule has 0 radical (unpaired) electrons. The average molecular weight is 351 g/mol. The summed E-state index contributed by atoms with van der Waals surface area (Å²) < 4.78 is 4.81. The van der Waals surface area contributed by atoms with Gasteiger partial charge >= 0.3 is 6.09 Å². The van der Waals surface area contributed by atoms with Crippen LogP contribution in [0.3, 0.4) is 0 Å². The number of fused-ring (bicyclic) bond motifs is 2. The van der Waals surface area contributed by atoms with E-state index in [4.69, 9.17) is 4.74 Å². The third kappa shape index (κ3) is 2.62. The molecule has 0 aliphatic carbocycles. The Morgan fingerprint density at radius 3 is 2.81 bits per heavy atom. The zero-order chi connectivity index (χ0) is 18.3. The number of benzene rings is 1. The van der Waals surface area contributed by atoms with Crippen molar-refractivity contribution in [3.05, 3.63) is 58.9 Å². The minimum absolute atomic E-state index is 0.0154. The Labute approximate surface area is 152 Å². The van der Waals surface area contributed by atoms with Gasteiger partial charge in [0, 0.05) is 30.7 Å². The molecule has 0 saturated carbocycles. The molecule has 134 valence electrons. The van der Waals surface area contributed by atoms with Crippen molar-refractivity contribution in [1.29, 1.82) is 0 Å². The Hall–Kier alpha value is -2.89. The molecule has 3 heterocycles. The number of amides is 2. The molecule has 6 heteroatoms. The predicted molar refractivity (Wildman–Crippen MR) is 97.2 cm³/mol. The fourth-order valence-electron chi connectivity index (χ4n) is 3.97. The SMILES string of the molecule is COC(=O)N1CCc2c(cncc2C(=O)N2c3ccccc3CC2C)C1. The van der Waals surface area contributed by atoms with Gasteiger partial charge in [-0.15, -0.1) is 0 Å². The fourth-order valence-corrected chi connectivity index (χ4v) is 3.97. The highest BCUT2D eigenvalue weighted by Crippen LogP contribution is 2.34. The standard InChI is InChI=1S/C20H21N3O3/c1-13-9-14-5-3-4-6-18(14)23(13)19(24)17-11-21-10-15-12-22(20(25)26-2)8-7-16(15)17/h3-6,10-11,13H,7-9,12H2,1-2H3. The molecule has 4 rings (SSSR count). The lowest BCUT2D eigenvalue weighted by Crippen LogP contribution is -2.39. The first-order valence-corrected chi connectivity index (χ1v) is 8.80. The number of nitrogens with zero attached hydrogens (tertiary/aromatic N) is 3. The quantitative estimate of drug-likeness (QED) is 0.793. The molecule has 1 aromatic heterocycles. The molecule has 2 aliphatic rings. The molecule has 0 saturated heterocycles. The van der Waals surface area contributed by atoms with E-state index in [-0.39, 0.29) is 18.0 Å². The number of hydrogen-bond donors (Lipinski definition) is 0. The summed E-state index contributed by atoms with van der Waals surface area (Å²) in [4.78, 5) is 32.9. The molecule has 26 heavy (non-hydrogen) atoms. The number of aromatic nitrogens is 1. The van der Waals surface area contributed by atoms with Crippen LogP contribution in [0.25, 0.3) is 0 Å². The minimum Gasteiger partial charge on any atom is -0.453 e. The van der Waals surface area contributed by atoms with Gasteiger partial charge in [0.15, 0.2) is 0 Å². The van der Waals surface area contributed by atoms with Gasteiger partial charge in [-0.1, -0.05) is 18.2 Å². The molecule has 1 atom stereocenters. The summed E-state index contributed by atoms with van der Waals surface area (Å²) in [6, 6.07) is 8.16. The molecule has 0 N–H and O–H groups in total. The first kappa shape index (κ1) is 16.6. The van der Waals surface area contributed by atoms with E-state index in [9.17, 15) is 9.59 Å². The van der Waals surface area contributed by atoms with Gasteiger partial charge in [-0.05, 0) is 42.5 Å². The van der Waals surface area contributed by atoms with Crippen molar-refractivity contribution >= 4 is 17.7 Å². The first-order valence-electron chi connectivity index (χ1n) is 8.80. The molecule has 0 spiro atoms. The van der Waals surface area contributed by atoms with Gasteiger partial charge in [0.2, 0.25) is 0 Å². The van der Waals surface area contributed by atoms with Gasteiger partial charge in [0.05, 0.1) is 19.2 Å². The van der Waals surface area contributed by atoms with E-state index >= 15 is 0 Å². The third-order valence-electron chi connectivity index (χ3n) is 5.23. The van der Waals surface area contributed by atoms with Crippen LogP contribution < -0.4 is 4.90 Å². The second-order valence-electron chi connectivity index (χ2n) is 6.82. The van der Waals surface area contributed by atoms with Gasteiger partial charge in [0.1, 0.15) is 0 Å². The summed E-state index contributed by atoms with van der Waals surface area (Å²) in [5.74, 6) is -0.0154. The van der Waals surface area contributed by atoms with Crippen LogP contribution in [0.1, 0.15) is 34.0 Å². The van der Waals surface area contributed by atoms with Crippen molar-refractivity contribution in [3.63, 3.8) is 0 Å². The largest absolute Gasteiger partial charge is 0.453 e. The maximum atomic E-state index is 13.3. The second-order valence-corrected chi connectivity index (χ2v) is 6.82. The summed E-state index contributed by atoms with van der Waals surface area (Å²) in [6.45, 7) is 3.03. The lowest BCUT2D eigenvalue weighted by Gasteiger charge is -2.30. The van der Waals surface area contributed by atoms with Crippen LogP contribution in [-0.4, -0.2) is 41.6 Å². The van der Waals surface area contributed by atoms with Gasteiger partial charge in [-0.2, -0.15) is 0 Å². The number of carbonyl (C=O) groups excluding carboxylic acids is 2. The average Bonchev–Trinajstić information content (AvgIpc) is 3.01. The monoisotopic (exact) mass is 351 g/mol. The van der Waals surface area contributed by atoms with E-state index in [2.05, 4.69) is 18.0 Å². The van der Waals surface area contributed by atoms with Gasteiger partial charge < -0.3 is 14.5 Å². The molecule has 2 aromatic rings. The second kappa shape index (κ2) is 6.44. The van der Waals surface area contributed by atoms with Crippen LogP contribution in [0.5, 0.6) is 0 Å². The van der Waals surface area contributed by atoms with Crippen molar-refractivity contribution < 1.29 is 14.3 Å². The molecular formula is C20H21N3O3. The molecule has 2 aliphatic heterocycles. The molecule has 0 bridgehead atoms. The Bertz CT molecular complexity index is 880. The summed E-state index contributed by atoms with van der Waals surface area (Å²) in [5.41, 5.74) is 4.71. The Kier molecular flexibility index (Phi) is 4.11. The number of carbonyl (C=O) groups is 2. The molecule has 2 amide bonds. The van der Waals surface area contributed by atoms with Crippen molar-refractivity contribution in [1.82, 2.24) is 9.88 Å². The molecule has 0 fully saturated rings. The third-order valence-corrected chi connectivity index (χ3v) is 5.23. The zero-order valence-corrected chi connectivity index (χ0v) is 14.9. The van der Waals surface area contributed by atoms with Crippen molar-refractivity contribution in [2.45, 2.75) is 32.4 Å². The van der Waals surface area contributed by atoms with Crippen molar-refractivity contribution in [2.75, 3.05) is 18.6 Å². The van der Waals surface area contributed by atoms with Crippen LogP contribution in [0.2, 0.25) is 0 Å². The van der Waals surface area contributed by atoms with E-state index in [0.717, 1.165) is 23.2 Å². The topological polar surface area (TPSA) is 62.7 Å². The van der Waals surface area contributed by atoms with Gasteiger partial charge in [-0.25, -0.2) is 4.79 Å².